The summed E-state index contributed by atoms with van der Waals surface area (Å²) >= 11 is 0. The van der Waals surface area contributed by atoms with Gasteiger partial charge in [-0.3, -0.25) is 9.59 Å². The van der Waals surface area contributed by atoms with Crippen LogP contribution < -0.4 is 5.32 Å². The summed E-state index contributed by atoms with van der Waals surface area (Å²) in [5, 5.41) is 2.61. The van der Waals surface area contributed by atoms with Crippen molar-refractivity contribution in [2.75, 3.05) is 5.32 Å². The van der Waals surface area contributed by atoms with Crippen molar-refractivity contribution < 1.29 is 18.4 Å². The molecule has 0 atom stereocenters. The number of hydrogen-bond acceptors (Lipinski definition) is 2. The molecule has 0 fully saturated rings. The first-order valence-electron chi connectivity index (χ1n) is 6.30. The molecule has 2 rings (SSSR count). The highest BCUT2D eigenvalue weighted by atomic mass is 19.2. The molecular formula is C16H13F2NO2. The molecule has 0 radical (unpaired) electrons. The highest BCUT2D eigenvalue weighted by Gasteiger charge is 2.08. The second kappa shape index (κ2) is 6.26. The van der Waals surface area contributed by atoms with E-state index in [-0.39, 0.29) is 18.1 Å². The molecule has 0 aliphatic heterocycles. The molecule has 3 nitrogen and oxygen atoms in total. The molecule has 0 saturated carbocycles. The molecular weight excluding hydrogens is 276 g/mol. The number of ketones is 1. The van der Waals surface area contributed by atoms with Crippen LogP contribution in [-0.2, 0) is 11.2 Å². The fourth-order valence-electron chi connectivity index (χ4n) is 1.86. The highest BCUT2D eigenvalue weighted by molar-refractivity contribution is 5.97. The molecule has 1 N–H and O–H groups in total. The molecule has 0 bridgehead atoms. The van der Waals surface area contributed by atoms with Crippen molar-refractivity contribution in [1.82, 2.24) is 0 Å². The molecule has 0 aliphatic rings. The molecule has 2 aromatic carbocycles. The van der Waals surface area contributed by atoms with E-state index in [1.54, 1.807) is 24.3 Å². The molecule has 0 spiro atoms. The summed E-state index contributed by atoms with van der Waals surface area (Å²) < 4.78 is 25.8. The molecule has 0 saturated heterocycles. The van der Waals surface area contributed by atoms with Gasteiger partial charge >= 0.3 is 0 Å². The van der Waals surface area contributed by atoms with Crippen molar-refractivity contribution in [2.45, 2.75) is 13.3 Å². The Morgan fingerprint density at radius 3 is 2.48 bits per heavy atom. The Morgan fingerprint density at radius 1 is 1.05 bits per heavy atom. The number of amides is 1. The van der Waals surface area contributed by atoms with Gasteiger partial charge in [0, 0.05) is 11.3 Å². The summed E-state index contributed by atoms with van der Waals surface area (Å²) in [7, 11) is 0. The van der Waals surface area contributed by atoms with Gasteiger partial charge in [-0.15, -0.1) is 0 Å². The first-order chi connectivity index (χ1) is 9.95. The van der Waals surface area contributed by atoms with Crippen LogP contribution in [0.4, 0.5) is 14.5 Å². The maximum Gasteiger partial charge on any atom is 0.228 e. The van der Waals surface area contributed by atoms with Crippen LogP contribution in [0.25, 0.3) is 0 Å². The van der Waals surface area contributed by atoms with E-state index in [1.807, 2.05) is 0 Å². The number of benzene rings is 2. The maximum atomic E-state index is 13.1. The third-order valence-electron chi connectivity index (χ3n) is 2.90. The van der Waals surface area contributed by atoms with E-state index in [0.29, 0.717) is 16.8 Å². The lowest BCUT2D eigenvalue weighted by Gasteiger charge is -2.07. The Morgan fingerprint density at radius 2 is 1.81 bits per heavy atom. The van der Waals surface area contributed by atoms with E-state index in [9.17, 15) is 18.4 Å². The molecule has 21 heavy (non-hydrogen) atoms. The molecule has 1 amide bonds. The van der Waals surface area contributed by atoms with Crippen LogP contribution in [0.1, 0.15) is 22.8 Å². The molecule has 108 valence electrons. The average Bonchev–Trinajstić information content (AvgIpc) is 2.43. The van der Waals surface area contributed by atoms with Crippen LogP contribution in [0.15, 0.2) is 42.5 Å². The van der Waals surface area contributed by atoms with Gasteiger partial charge in [0.25, 0.3) is 0 Å². The van der Waals surface area contributed by atoms with Gasteiger partial charge in [-0.25, -0.2) is 8.78 Å². The summed E-state index contributed by atoms with van der Waals surface area (Å²) in [4.78, 5) is 23.1. The van der Waals surface area contributed by atoms with E-state index in [0.717, 1.165) is 12.1 Å². The summed E-state index contributed by atoms with van der Waals surface area (Å²) in [6.07, 6.45) is -0.0818. The lowest BCUT2D eigenvalue weighted by molar-refractivity contribution is -0.115. The van der Waals surface area contributed by atoms with Crippen LogP contribution >= 0.6 is 0 Å². The van der Waals surface area contributed by atoms with Gasteiger partial charge in [0.1, 0.15) is 0 Å². The smallest absolute Gasteiger partial charge is 0.228 e. The molecule has 0 aromatic heterocycles. The summed E-state index contributed by atoms with van der Waals surface area (Å²) in [5.41, 5.74) is 1.34. The van der Waals surface area contributed by atoms with Crippen LogP contribution in [0.5, 0.6) is 0 Å². The van der Waals surface area contributed by atoms with Gasteiger partial charge in [0.15, 0.2) is 17.4 Å². The molecule has 2 aromatic rings. The van der Waals surface area contributed by atoms with E-state index in [1.165, 1.54) is 13.0 Å². The zero-order valence-corrected chi connectivity index (χ0v) is 11.3. The van der Waals surface area contributed by atoms with Crippen molar-refractivity contribution in [2.24, 2.45) is 0 Å². The molecule has 0 unspecified atom stereocenters. The van der Waals surface area contributed by atoms with E-state index < -0.39 is 11.6 Å². The second-order valence-corrected chi connectivity index (χ2v) is 4.61. The minimum atomic E-state index is -0.987. The van der Waals surface area contributed by atoms with Crippen LogP contribution in [0, 0.1) is 11.6 Å². The Balaban J connectivity index is 2.06. The van der Waals surface area contributed by atoms with Gasteiger partial charge in [0.2, 0.25) is 5.91 Å². The average molecular weight is 289 g/mol. The van der Waals surface area contributed by atoms with Crippen molar-refractivity contribution >= 4 is 17.4 Å². The lowest BCUT2D eigenvalue weighted by atomic mass is 10.1. The normalized spacial score (nSPS) is 10.2. The van der Waals surface area contributed by atoms with E-state index >= 15 is 0 Å². The Bertz CT molecular complexity index is 698. The predicted molar refractivity (Wildman–Crippen MR) is 75.1 cm³/mol. The summed E-state index contributed by atoms with van der Waals surface area (Å²) in [6.45, 7) is 1.43. The van der Waals surface area contributed by atoms with Gasteiger partial charge in [0.05, 0.1) is 6.42 Å². The zero-order chi connectivity index (χ0) is 15.4. The largest absolute Gasteiger partial charge is 0.326 e. The maximum absolute atomic E-state index is 13.1. The van der Waals surface area contributed by atoms with Gasteiger partial charge < -0.3 is 5.32 Å². The van der Waals surface area contributed by atoms with Crippen LogP contribution in [0.2, 0.25) is 0 Å². The number of anilines is 1. The molecule has 0 aliphatic carbocycles. The van der Waals surface area contributed by atoms with E-state index in [4.69, 9.17) is 0 Å². The summed E-state index contributed by atoms with van der Waals surface area (Å²) in [6, 6.07) is 9.83. The van der Waals surface area contributed by atoms with Gasteiger partial charge in [-0.2, -0.15) is 0 Å². The van der Waals surface area contributed by atoms with E-state index in [2.05, 4.69) is 5.32 Å². The zero-order valence-electron chi connectivity index (χ0n) is 11.3. The van der Waals surface area contributed by atoms with Crippen molar-refractivity contribution in [3.05, 3.63) is 65.2 Å². The third-order valence-corrected chi connectivity index (χ3v) is 2.90. The number of rotatable bonds is 4. The molecule has 5 heteroatoms. The Labute approximate surface area is 120 Å². The predicted octanol–water partition coefficient (Wildman–Crippen LogP) is 3.35. The monoisotopic (exact) mass is 289 g/mol. The minimum Gasteiger partial charge on any atom is -0.326 e. The Hall–Kier alpha value is -2.56. The van der Waals surface area contributed by atoms with Gasteiger partial charge in [-0.1, -0.05) is 18.2 Å². The number of hydrogen-bond donors (Lipinski definition) is 1. The number of halogens is 2. The summed E-state index contributed by atoms with van der Waals surface area (Å²) in [5.74, 6) is -2.42. The third kappa shape index (κ3) is 3.95. The first-order valence-corrected chi connectivity index (χ1v) is 6.30. The number of carbonyl (C=O) groups excluding carboxylic acids is 2. The van der Waals surface area contributed by atoms with Crippen LogP contribution in [0.3, 0.4) is 0 Å². The number of Topliss-reactive ketones (excluding diaryl/α,β-unsaturated/α-hetero) is 1. The minimum absolute atomic E-state index is 0.0818. The highest BCUT2D eigenvalue weighted by Crippen LogP contribution is 2.13. The topological polar surface area (TPSA) is 46.2 Å². The fraction of sp³-hybridized carbons (Fsp3) is 0.125. The standard InChI is InChI=1S/C16H13F2NO2/c1-10(20)12-3-2-4-13(9-12)19-16(21)8-11-5-6-14(17)15(18)7-11/h2-7,9H,8H2,1H3,(H,19,21). The second-order valence-electron chi connectivity index (χ2n) is 4.61. The van der Waals surface area contributed by atoms with Gasteiger partial charge in [-0.05, 0) is 36.8 Å². The lowest BCUT2D eigenvalue weighted by Crippen LogP contribution is -2.14. The van der Waals surface area contributed by atoms with Crippen molar-refractivity contribution in [3.63, 3.8) is 0 Å². The van der Waals surface area contributed by atoms with Crippen molar-refractivity contribution in [1.29, 1.82) is 0 Å². The molecule has 0 heterocycles. The quantitative estimate of drug-likeness (QED) is 0.877. The number of carbonyl (C=O) groups is 2. The van der Waals surface area contributed by atoms with Crippen molar-refractivity contribution in [3.8, 4) is 0 Å². The number of nitrogens with one attached hydrogen (secondary N) is 1. The SMILES string of the molecule is CC(=O)c1cccc(NC(=O)Cc2ccc(F)c(F)c2)c1. The first kappa shape index (κ1) is 14.8. The fourth-order valence-corrected chi connectivity index (χ4v) is 1.86. The van der Waals surface area contributed by atoms with Crippen LogP contribution in [-0.4, -0.2) is 11.7 Å². The Kier molecular flexibility index (Phi) is 4.42.